The molecule has 0 aliphatic carbocycles. The van der Waals surface area contributed by atoms with Gasteiger partial charge in [-0.3, -0.25) is 19.5 Å². The molecule has 4 rings (SSSR count). The molecular weight excluding hydrogens is 406 g/mol. The van der Waals surface area contributed by atoms with E-state index in [-0.39, 0.29) is 30.9 Å². The van der Waals surface area contributed by atoms with Gasteiger partial charge in [0.15, 0.2) is 0 Å². The van der Waals surface area contributed by atoms with Crippen LogP contribution in [0.1, 0.15) is 37.3 Å². The Morgan fingerprint density at radius 3 is 2.53 bits per heavy atom. The Morgan fingerprint density at radius 1 is 1.09 bits per heavy atom. The number of imide groups is 1. The molecule has 1 aromatic heterocycles. The average Bonchev–Trinajstić information content (AvgIpc) is 3.08. The monoisotopic (exact) mass is 435 g/mol. The molecule has 1 fully saturated rings. The molecule has 0 spiro atoms. The summed E-state index contributed by atoms with van der Waals surface area (Å²) in [5.74, 6) is 0.253. The molecule has 7 heteroatoms. The van der Waals surface area contributed by atoms with Gasteiger partial charge in [0.05, 0.1) is 18.7 Å². The van der Waals surface area contributed by atoms with Crippen molar-refractivity contribution in [3.05, 3.63) is 65.6 Å². The van der Waals surface area contributed by atoms with Crippen LogP contribution in [0.4, 0.5) is 0 Å². The van der Waals surface area contributed by atoms with Crippen molar-refractivity contribution in [2.75, 3.05) is 26.3 Å². The molecule has 1 aromatic carbocycles. The number of hydrogen-bond acceptors (Lipinski definition) is 6. The van der Waals surface area contributed by atoms with Crippen LogP contribution < -0.4 is 4.74 Å². The fourth-order valence-corrected chi connectivity index (χ4v) is 4.29. The molecule has 1 atom stereocenters. The van der Waals surface area contributed by atoms with Crippen LogP contribution in [0, 0.1) is 5.92 Å². The van der Waals surface area contributed by atoms with E-state index in [0.29, 0.717) is 36.5 Å². The first-order valence-electron chi connectivity index (χ1n) is 11.2. The molecule has 32 heavy (non-hydrogen) atoms. The highest BCUT2D eigenvalue weighted by Gasteiger charge is 2.42. The number of carbonyl (C=O) groups is 2. The molecule has 0 radical (unpaired) electrons. The summed E-state index contributed by atoms with van der Waals surface area (Å²) in [6, 6.07) is 11.0. The maximum absolute atomic E-state index is 13.5. The molecule has 2 aliphatic rings. The number of piperidine rings is 1. The number of aliphatic hydroxyl groups is 1. The summed E-state index contributed by atoms with van der Waals surface area (Å²) in [6.45, 7) is 4.20. The highest BCUT2D eigenvalue weighted by molar-refractivity contribution is 6.35. The van der Waals surface area contributed by atoms with Gasteiger partial charge >= 0.3 is 0 Å². The summed E-state index contributed by atoms with van der Waals surface area (Å²) in [5.41, 5.74) is 2.40. The minimum absolute atomic E-state index is 0.0748. The van der Waals surface area contributed by atoms with E-state index in [9.17, 15) is 14.7 Å². The molecule has 168 valence electrons. The number of carbonyl (C=O) groups excluding carboxylic acids is 2. The predicted octanol–water partition coefficient (Wildman–Crippen LogP) is 2.85. The zero-order chi connectivity index (χ0) is 22.5. The summed E-state index contributed by atoms with van der Waals surface area (Å²) < 4.78 is 5.67. The van der Waals surface area contributed by atoms with E-state index >= 15 is 0 Å². The van der Waals surface area contributed by atoms with E-state index in [0.717, 1.165) is 30.6 Å². The first kappa shape index (κ1) is 22.0. The van der Waals surface area contributed by atoms with Crippen LogP contribution in [-0.4, -0.2) is 58.0 Å². The van der Waals surface area contributed by atoms with E-state index < -0.39 is 0 Å². The average molecular weight is 436 g/mol. The highest BCUT2D eigenvalue weighted by atomic mass is 16.5. The number of pyridine rings is 1. The standard InChI is InChI=1S/C25H29N3O4/c1-2-14-32-21-7-5-20(6-8-21)22-23(27-13-3-4-19(15-27)17-29)25(31)28(24(22)30)16-18-9-11-26-12-10-18/h5-12,19,29H,2-4,13-17H2,1H3. The maximum Gasteiger partial charge on any atom is 0.278 e. The summed E-state index contributed by atoms with van der Waals surface area (Å²) in [4.78, 5) is 34.3. The summed E-state index contributed by atoms with van der Waals surface area (Å²) in [6.07, 6.45) is 6.01. The van der Waals surface area contributed by atoms with Crippen molar-refractivity contribution in [2.45, 2.75) is 32.7 Å². The van der Waals surface area contributed by atoms with Crippen LogP contribution in [-0.2, 0) is 16.1 Å². The minimum atomic E-state index is -0.296. The van der Waals surface area contributed by atoms with E-state index in [1.54, 1.807) is 24.5 Å². The number of ether oxygens (including phenoxy) is 1. The molecule has 0 bridgehead atoms. The van der Waals surface area contributed by atoms with E-state index in [1.165, 1.54) is 4.90 Å². The molecule has 0 saturated carbocycles. The second-order valence-electron chi connectivity index (χ2n) is 8.29. The Labute approximate surface area is 188 Å². The van der Waals surface area contributed by atoms with E-state index in [2.05, 4.69) is 4.98 Å². The number of amides is 2. The number of likely N-dealkylation sites (tertiary alicyclic amines) is 1. The van der Waals surface area contributed by atoms with Gasteiger partial charge in [0.25, 0.3) is 11.8 Å². The van der Waals surface area contributed by atoms with Crippen molar-refractivity contribution >= 4 is 17.4 Å². The quantitative estimate of drug-likeness (QED) is 0.642. The Balaban J connectivity index is 1.69. The van der Waals surface area contributed by atoms with Crippen molar-refractivity contribution in [3.63, 3.8) is 0 Å². The Hall–Kier alpha value is -3.19. The third-order valence-corrected chi connectivity index (χ3v) is 5.94. The molecule has 2 amide bonds. The molecular formula is C25H29N3O4. The zero-order valence-electron chi connectivity index (χ0n) is 18.4. The van der Waals surface area contributed by atoms with Crippen LogP contribution >= 0.6 is 0 Å². The second kappa shape index (κ2) is 9.96. The third kappa shape index (κ3) is 4.53. The second-order valence-corrected chi connectivity index (χ2v) is 8.29. The number of rotatable bonds is 8. The topological polar surface area (TPSA) is 83.0 Å². The Kier molecular flexibility index (Phi) is 6.85. The molecule has 1 N–H and O–H groups in total. The number of aromatic nitrogens is 1. The maximum atomic E-state index is 13.5. The van der Waals surface area contributed by atoms with Gasteiger partial charge in [-0.25, -0.2) is 0 Å². The normalized spacial score (nSPS) is 19.1. The lowest BCUT2D eigenvalue weighted by Gasteiger charge is -2.34. The zero-order valence-corrected chi connectivity index (χ0v) is 18.4. The van der Waals surface area contributed by atoms with Gasteiger partial charge in [-0.05, 0) is 60.6 Å². The largest absolute Gasteiger partial charge is 0.494 e. The van der Waals surface area contributed by atoms with Gasteiger partial charge in [-0.2, -0.15) is 0 Å². The molecule has 1 unspecified atom stereocenters. The van der Waals surface area contributed by atoms with Crippen LogP contribution in [0.15, 0.2) is 54.5 Å². The van der Waals surface area contributed by atoms with Gasteiger partial charge in [0, 0.05) is 32.1 Å². The smallest absolute Gasteiger partial charge is 0.278 e. The van der Waals surface area contributed by atoms with Crippen LogP contribution in [0.25, 0.3) is 5.57 Å². The first-order valence-corrected chi connectivity index (χ1v) is 11.2. The molecule has 3 heterocycles. The first-order chi connectivity index (χ1) is 15.6. The number of nitrogens with zero attached hydrogens (tertiary/aromatic N) is 3. The van der Waals surface area contributed by atoms with Crippen LogP contribution in [0.5, 0.6) is 5.75 Å². The van der Waals surface area contributed by atoms with Gasteiger partial charge in [0.2, 0.25) is 0 Å². The fourth-order valence-electron chi connectivity index (χ4n) is 4.29. The highest BCUT2D eigenvalue weighted by Crippen LogP contribution is 2.35. The predicted molar refractivity (Wildman–Crippen MR) is 120 cm³/mol. The lowest BCUT2D eigenvalue weighted by Crippen LogP contribution is -2.40. The van der Waals surface area contributed by atoms with Crippen molar-refractivity contribution < 1.29 is 19.4 Å². The molecule has 2 aliphatic heterocycles. The van der Waals surface area contributed by atoms with Gasteiger partial charge in [-0.15, -0.1) is 0 Å². The van der Waals surface area contributed by atoms with Crippen molar-refractivity contribution in [1.29, 1.82) is 0 Å². The molecule has 7 nitrogen and oxygen atoms in total. The van der Waals surface area contributed by atoms with Crippen molar-refractivity contribution in [3.8, 4) is 5.75 Å². The van der Waals surface area contributed by atoms with Crippen LogP contribution in [0.2, 0.25) is 0 Å². The SMILES string of the molecule is CCCOc1ccc(C2=C(N3CCCC(CO)C3)C(=O)N(Cc3ccncc3)C2=O)cc1. The van der Waals surface area contributed by atoms with Crippen molar-refractivity contribution in [1.82, 2.24) is 14.8 Å². The summed E-state index contributed by atoms with van der Waals surface area (Å²) in [5, 5.41) is 9.68. The van der Waals surface area contributed by atoms with Crippen molar-refractivity contribution in [2.24, 2.45) is 5.92 Å². The lowest BCUT2D eigenvalue weighted by molar-refractivity contribution is -0.138. The van der Waals surface area contributed by atoms with E-state index in [1.807, 2.05) is 36.1 Å². The molecule has 2 aromatic rings. The number of hydrogen-bond donors (Lipinski definition) is 1. The van der Waals surface area contributed by atoms with Gasteiger partial charge in [-0.1, -0.05) is 19.1 Å². The van der Waals surface area contributed by atoms with E-state index in [4.69, 9.17) is 4.74 Å². The third-order valence-electron chi connectivity index (χ3n) is 5.94. The van der Waals surface area contributed by atoms with Gasteiger partial charge in [0.1, 0.15) is 11.4 Å². The summed E-state index contributed by atoms with van der Waals surface area (Å²) >= 11 is 0. The van der Waals surface area contributed by atoms with Crippen LogP contribution in [0.3, 0.4) is 0 Å². The number of benzene rings is 1. The Bertz CT molecular complexity index is 988. The fraction of sp³-hybridized carbons (Fsp3) is 0.400. The number of aliphatic hydroxyl groups excluding tert-OH is 1. The van der Waals surface area contributed by atoms with Gasteiger partial charge < -0.3 is 14.7 Å². The Morgan fingerprint density at radius 2 is 1.84 bits per heavy atom. The summed E-state index contributed by atoms with van der Waals surface area (Å²) in [7, 11) is 0. The lowest BCUT2D eigenvalue weighted by atomic mass is 9.97. The molecule has 1 saturated heterocycles. The minimum Gasteiger partial charge on any atom is -0.494 e.